The molecule has 3 rings (SSSR count). The Hall–Kier alpha value is -1.87. The number of rotatable bonds is 4. The first kappa shape index (κ1) is 14.1. The van der Waals surface area contributed by atoms with Crippen LogP contribution in [0.25, 0.3) is 11.3 Å². The number of benzene rings is 1. The molecule has 0 atom stereocenters. The Kier molecular flexibility index (Phi) is 3.68. The quantitative estimate of drug-likeness (QED) is 0.934. The molecule has 2 aromatic rings. The van der Waals surface area contributed by atoms with Gasteiger partial charge in [0.2, 0.25) is 0 Å². The molecule has 1 aliphatic rings. The van der Waals surface area contributed by atoms with Gasteiger partial charge in [-0.05, 0) is 62.6 Å². The van der Waals surface area contributed by atoms with Gasteiger partial charge in [-0.1, -0.05) is 18.2 Å². The average molecular weight is 282 g/mol. The minimum atomic E-state index is 0.155. The first-order valence-corrected chi connectivity index (χ1v) is 7.58. The Morgan fingerprint density at radius 1 is 1.14 bits per heavy atom. The predicted molar refractivity (Wildman–Crippen MR) is 86.6 cm³/mol. The van der Waals surface area contributed by atoms with Gasteiger partial charge in [-0.25, -0.2) is 0 Å². The lowest BCUT2D eigenvalue weighted by molar-refractivity contribution is 0.691. The summed E-state index contributed by atoms with van der Waals surface area (Å²) < 4.78 is 2.00. The van der Waals surface area contributed by atoms with Crippen LogP contribution in [0.5, 0.6) is 0 Å². The van der Waals surface area contributed by atoms with Gasteiger partial charge >= 0.3 is 0 Å². The molecule has 0 aliphatic heterocycles. The number of hydrogen-bond acceptors (Lipinski definition) is 2. The molecule has 1 saturated carbocycles. The van der Waals surface area contributed by atoms with Crippen molar-refractivity contribution in [1.82, 2.24) is 9.88 Å². The summed E-state index contributed by atoms with van der Waals surface area (Å²) in [5.41, 5.74) is 5.73. The van der Waals surface area contributed by atoms with Gasteiger partial charge in [0.15, 0.2) is 0 Å². The van der Waals surface area contributed by atoms with Crippen LogP contribution in [0.3, 0.4) is 0 Å². The second kappa shape index (κ2) is 5.49. The zero-order valence-electron chi connectivity index (χ0n) is 12.9. The van der Waals surface area contributed by atoms with Gasteiger partial charge in [0.05, 0.1) is 5.69 Å². The third-order valence-corrected chi connectivity index (χ3v) is 4.28. The SMILES string of the molecule is CNCc1ccc(-c2ccc(C)c(C)c2)n(C2CC2)c1=O. The molecule has 0 radical (unpaired) electrons. The Bertz CT molecular complexity index is 726. The van der Waals surface area contributed by atoms with Crippen molar-refractivity contribution in [2.45, 2.75) is 39.3 Å². The van der Waals surface area contributed by atoms with Crippen LogP contribution in [-0.2, 0) is 6.54 Å². The van der Waals surface area contributed by atoms with Gasteiger partial charge in [0.1, 0.15) is 0 Å². The molecule has 0 amide bonds. The van der Waals surface area contributed by atoms with E-state index in [2.05, 4.69) is 43.4 Å². The Balaban J connectivity index is 2.15. The molecule has 1 aromatic heterocycles. The molecule has 110 valence electrons. The van der Waals surface area contributed by atoms with Crippen molar-refractivity contribution < 1.29 is 0 Å². The van der Waals surface area contributed by atoms with Crippen LogP contribution in [0, 0.1) is 13.8 Å². The summed E-state index contributed by atoms with van der Waals surface area (Å²) in [6.07, 6.45) is 2.22. The summed E-state index contributed by atoms with van der Waals surface area (Å²) >= 11 is 0. The van der Waals surface area contributed by atoms with Crippen LogP contribution in [0.4, 0.5) is 0 Å². The van der Waals surface area contributed by atoms with Gasteiger partial charge < -0.3 is 9.88 Å². The van der Waals surface area contributed by atoms with Crippen molar-refractivity contribution >= 4 is 0 Å². The van der Waals surface area contributed by atoms with Gasteiger partial charge in [0, 0.05) is 18.2 Å². The fraction of sp³-hybridized carbons (Fsp3) is 0.389. The second-order valence-electron chi connectivity index (χ2n) is 5.98. The molecule has 3 nitrogen and oxygen atoms in total. The Morgan fingerprint density at radius 3 is 2.52 bits per heavy atom. The van der Waals surface area contributed by atoms with Crippen molar-refractivity contribution in [2.75, 3.05) is 7.05 Å². The van der Waals surface area contributed by atoms with Crippen LogP contribution in [0.1, 0.15) is 35.6 Å². The van der Waals surface area contributed by atoms with Crippen molar-refractivity contribution in [2.24, 2.45) is 0 Å². The van der Waals surface area contributed by atoms with E-state index in [1.54, 1.807) is 0 Å². The summed E-state index contributed by atoms with van der Waals surface area (Å²) in [5, 5.41) is 3.07. The summed E-state index contributed by atoms with van der Waals surface area (Å²) in [4.78, 5) is 12.7. The summed E-state index contributed by atoms with van der Waals surface area (Å²) in [6, 6.07) is 10.9. The van der Waals surface area contributed by atoms with E-state index in [-0.39, 0.29) is 5.56 Å². The molecule has 0 bridgehead atoms. The van der Waals surface area contributed by atoms with Crippen molar-refractivity contribution in [3.8, 4) is 11.3 Å². The van der Waals surface area contributed by atoms with Crippen LogP contribution < -0.4 is 10.9 Å². The fourth-order valence-corrected chi connectivity index (χ4v) is 2.75. The van der Waals surface area contributed by atoms with E-state index in [4.69, 9.17) is 0 Å². The lowest BCUT2D eigenvalue weighted by Gasteiger charge is -2.15. The van der Waals surface area contributed by atoms with Gasteiger partial charge in [0.25, 0.3) is 5.56 Å². The zero-order valence-corrected chi connectivity index (χ0v) is 12.9. The Morgan fingerprint density at radius 2 is 1.90 bits per heavy atom. The molecule has 21 heavy (non-hydrogen) atoms. The molecule has 3 heteroatoms. The lowest BCUT2D eigenvalue weighted by atomic mass is 10.0. The first-order valence-electron chi connectivity index (χ1n) is 7.58. The summed E-state index contributed by atoms with van der Waals surface area (Å²) in [7, 11) is 1.87. The highest BCUT2D eigenvalue weighted by Crippen LogP contribution is 2.37. The van der Waals surface area contributed by atoms with Gasteiger partial charge in [-0.2, -0.15) is 0 Å². The number of nitrogens with one attached hydrogen (secondary N) is 1. The molecule has 0 unspecified atom stereocenters. The number of aromatic nitrogens is 1. The van der Waals surface area contributed by atoms with Crippen LogP contribution >= 0.6 is 0 Å². The minimum absolute atomic E-state index is 0.155. The lowest BCUT2D eigenvalue weighted by Crippen LogP contribution is -2.26. The molecule has 1 heterocycles. The van der Waals surface area contributed by atoms with Crippen molar-refractivity contribution in [3.63, 3.8) is 0 Å². The second-order valence-corrected chi connectivity index (χ2v) is 5.98. The molecule has 0 saturated heterocycles. The Labute approximate surface area is 125 Å². The third-order valence-electron chi connectivity index (χ3n) is 4.28. The predicted octanol–water partition coefficient (Wildman–Crippen LogP) is 3.19. The molecular formula is C18H22N2O. The molecule has 1 aliphatic carbocycles. The maximum absolute atomic E-state index is 12.7. The maximum Gasteiger partial charge on any atom is 0.255 e. The molecular weight excluding hydrogens is 260 g/mol. The molecule has 1 N–H and O–H groups in total. The number of nitrogens with zero attached hydrogens (tertiary/aromatic N) is 1. The van der Waals surface area contributed by atoms with Crippen molar-refractivity contribution in [3.05, 3.63) is 57.4 Å². The van der Waals surface area contributed by atoms with E-state index < -0.39 is 0 Å². The average Bonchev–Trinajstić information content (AvgIpc) is 3.28. The van der Waals surface area contributed by atoms with E-state index in [9.17, 15) is 4.79 Å². The molecule has 1 aromatic carbocycles. The summed E-state index contributed by atoms with van der Waals surface area (Å²) in [5.74, 6) is 0. The standard InChI is InChI=1S/C18H22N2O/c1-12-4-5-14(10-13(12)2)17-9-6-15(11-19-3)18(21)20(17)16-7-8-16/h4-6,9-10,16,19H,7-8,11H2,1-3H3. The highest BCUT2D eigenvalue weighted by atomic mass is 16.1. The normalized spacial score (nSPS) is 14.4. The topological polar surface area (TPSA) is 34.0 Å². The monoisotopic (exact) mass is 282 g/mol. The maximum atomic E-state index is 12.7. The first-order chi connectivity index (χ1) is 10.1. The summed E-state index contributed by atoms with van der Waals surface area (Å²) in [6.45, 7) is 4.86. The largest absolute Gasteiger partial charge is 0.315 e. The van der Waals surface area contributed by atoms with Crippen LogP contribution in [0.2, 0.25) is 0 Å². The molecule has 0 spiro atoms. The number of pyridine rings is 1. The highest BCUT2D eigenvalue weighted by molar-refractivity contribution is 5.62. The van der Waals surface area contributed by atoms with Crippen LogP contribution in [-0.4, -0.2) is 11.6 Å². The number of hydrogen-bond donors (Lipinski definition) is 1. The fourth-order valence-electron chi connectivity index (χ4n) is 2.75. The van der Waals surface area contributed by atoms with E-state index in [1.807, 2.05) is 17.7 Å². The number of aryl methyl sites for hydroxylation is 2. The third kappa shape index (κ3) is 2.66. The zero-order chi connectivity index (χ0) is 15.0. The van der Waals surface area contributed by atoms with E-state index >= 15 is 0 Å². The van der Waals surface area contributed by atoms with Gasteiger partial charge in [-0.15, -0.1) is 0 Å². The van der Waals surface area contributed by atoms with Gasteiger partial charge in [-0.3, -0.25) is 4.79 Å². The van der Waals surface area contributed by atoms with Crippen LogP contribution in [0.15, 0.2) is 35.1 Å². The van der Waals surface area contributed by atoms with Crippen molar-refractivity contribution in [1.29, 1.82) is 0 Å². The van der Waals surface area contributed by atoms with E-state index in [1.165, 1.54) is 11.1 Å². The minimum Gasteiger partial charge on any atom is -0.315 e. The molecule has 1 fully saturated rings. The highest BCUT2D eigenvalue weighted by Gasteiger charge is 2.27. The van der Waals surface area contributed by atoms with E-state index in [0.29, 0.717) is 12.6 Å². The smallest absolute Gasteiger partial charge is 0.255 e. The van der Waals surface area contributed by atoms with E-state index in [0.717, 1.165) is 29.7 Å².